The maximum atomic E-state index is 13.1. The molecule has 0 amide bonds. The Balaban J connectivity index is 1.78. The molecule has 9 heteroatoms. The molecule has 0 aliphatic rings. The normalized spacial score (nSPS) is 11.9. The maximum absolute atomic E-state index is 13.1. The van der Waals surface area contributed by atoms with Crippen LogP contribution >= 0.6 is 34.5 Å². The third-order valence-electron chi connectivity index (χ3n) is 4.37. The maximum Gasteiger partial charge on any atom is 0.262 e. The molecule has 0 fully saturated rings. The van der Waals surface area contributed by atoms with Gasteiger partial charge in [0.1, 0.15) is 0 Å². The summed E-state index contributed by atoms with van der Waals surface area (Å²) in [7, 11) is -3.84. The van der Waals surface area contributed by atoms with Gasteiger partial charge in [-0.3, -0.25) is 4.72 Å². The number of thiazole rings is 1. The number of sulfonamides is 1. The van der Waals surface area contributed by atoms with Gasteiger partial charge < -0.3 is 4.98 Å². The van der Waals surface area contributed by atoms with Gasteiger partial charge in [0.2, 0.25) is 0 Å². The van der Waals surface area contributed by atoms with Gasteiger partial charge in [-0.2, -0.15) is 0 Å². The number of nitrogens with one attached hydrogen (secondary N) is 2. The molecule has 0 aliphatic heterocycles. The van der Waals surface area contributed by atoms with Crippen molar-refractivity contribution in [2.75, 3.05) is 4.72 Å². The van der Waals surface area contributed by atoms with Crippen LogP contribution in [0.15, 0.2) is 46.8 Å². The molecule has 5 nitrogen and oxygen atoms in total. The molecule has 144 valence electrons. The number of aromatic nitrogens is 2. The van der Waals surface area contributed by atoms with Crippen molar-refractivity contribution >= 4 is 61.2 Å². The summed E-state index contributed by atoms with van der Waals surface area (Å²) in [6.45, 7) is 3.67. The molecule has 0 bridgehead atoms. The first-order chi connectivity index (χ1) is 13.3. The van der Waals surface area contributed by atoms with Gasteiger partial charge in [-0.25, -0.2) is 13.4 Å². The van der Waals surface area contributed by atoms with Crippen LogP contribution in [0.5, 0.6) is 0 Å². The minimum absolute atomic E-state index is 0.191. The second kappa shape index (κ2) is 7.08. The highest BCUT2D eigenvalue weighted by Crippen LogP contribution is 2.36. The highest BCUT2D eigenvalue weighted by atomic mass is 35.5. The van der Waals surface area contributed by atoms with Gasteiger partial charge >= 0.3 is 0 Å². The van der Waals surface area contributed by atoms with Crippen molar-refractivity contribution in [3.63, 3.8) is 0 Å². The molecule has 2 N–H and O–H groups in total. The second-order valence-electron chi connectivity index (χ2n) is 6.32. The van der Waals surface area contributed by atoms with Gasteiger partial charge in [-0.05, 0) is 37.6 Å². The lowest BCUT2D eigenvalue weighted by Gasteiger charge is -2.13. The standard InChI is InChI=1S/C19H15Cl2N3O2S2/c1-10-3-4-12(16-9-27-11(2)23-16)7-17(10)28(25,26)24-15-6-5-13(20)18-14(21)8-22-19(15)18/h3-9,22,24H,1-2H3. The van der Waals surface area contributed by atoms with E-state index in [0.29, 0.717) is 32.2 Å². The Morgan fingerprint density at radius 1 is 1.11 bits per heavy atom. The van der Waals surface area contributed by atoms with Crippen molar-refractivity contribution in [3.05, 3.63) is 62.5 Å². The number of fused-ring (bicyclic) bond motifs is 1. The van der Waals surface area contributed by atoms with Crippen molar-refractivity contribution in [1.82, 2.24) is 9.97 Å². The van der Waals surface area contributed by atoms with Gasteiger partial charge in [0.25, 0.3) is 10.0 Å². The van der Waals surface area contributed by atoms with Crippen LogP contribution in [0.4, 0.5) is 5.69 Å². The Morgan fingerprint density at radius 3 is 2.61 bits per heavy atom. The van der Waals surface area contributed by atoms with Crippen LogP contribution in [0.25, 0.3) is 22.2 Å². The number of aryl methyl sites for hydroxylation is 2. The van der Waals surface area contributed by atoms with Crippen molar-refractivity contribution in [1.29, 1.82) is 0 Å². The van der Waals surface area contributed by atoms with E-state index in [1.165, 1.54) is 11.3 Å². The van der Waals surface area contributed by atoms with Crippen LogP contribution in [-0.4, -0.2) is 18.4 Å². The molecule has 28 heavy (non-hydrogen) atoms. The summed E-state index contributed by atoms with van der Waals surface area (Å²) in [5, 5.41) is 4.28. The van der Waals surface area contributed by atoms with Crippen LogP contribution in [0.3, 0.4) is 0 Å². The summed E-state index contributed by atoms with van der Waals surface area (Å²) < 4.78 is 28.9. The molecule has 0 radical (unpaired) electrons. The number of hydrogen-bond acceptors (Lipinski definition) is 4. The summed E-state index contributed by atoms with van der Waals surface area (Å²) >= 11 is 13.9. The quantitative estimate of drug-likeness (QED) is 0.398. The summed E-state index contributed by atoms with van der Waals surface area (Å²) in [5.74, 6) is 0. The number of H-pyrrole nitrogens is 1. The predicted octanol–water partition coefficient (Wildman–Crippen LogP) is 6.02. The molecule has 4 rings (SSSR count). The largest absolute Gasteiger partial charge is 0.358 e. The Morgan fingerprint density at radius 2 is 1.89 bits per heavy atom. The zero-order valence-electron chi connectivity index (χ0n) is 14.9. The molecule has 0 aliphatic carbocycles. The SMILES string of the molecule is Cc1nc(-c2ccc(C)c(S(=O)(=O)Nc3ccc(Cl)c4c(Cl)c[nH]c34)c2)cs1. The van der Waals surface area contributed by atoms with E-state index in [4.69, 9.17) is 23.2 Å². The summed E-state index contributed by atoms with van der Waals surface area (Å²) in [5.41, 5.74) is 3.05. The lowest BCUT2D eigenvalue weighted by molar-refractivity contribution is 0.600. The third-order valence-corrected chi connectivity index (χ3v) is 7.27. The van der Waals surface area contributed by atoms with Crippen LogP contribution in [-0.2, 0) is 10.0 Å². The molecular formula is C19H15Cl2N3O2S2. The topological polar surface area (TPSA) is 74.8 Å². The van der Waals surface area contributed by atoms with Crippen LogP contribution < -0.4 is 4.72 Å². The number of rotatable bonds is 4. The smallest absolute Gasteiger partial charge is 0.262 e. The number of benzene rings is 2. The number of aromatic amines is 1. The third kappa shape index (κ3) is 3.39. The Bertz CT molecular complexity index is 1310. The van der Waals surface area contributed by atoms with Gasteiger partial charge in [-0.1, -0.05) is 35.3 Å². The van der Waals surface area contributed by atoms with E-state index in [1.807, 2.05) is 18.4 Å². The lowest BCUT2D eigenvalue weighted by Crippen LogP contribution is -2.14. The van der Waals surface area contributed by atoms with Crippen molar-refractivity contribution < 1.29 is 8.42 Å². The van der Waals surface area contributed by atoms with E-state index in [2.05, 4.69) is 14.7 Å². The average molecular weight is 452 g/mol. The van der Waals surface area contributed by atoms with Crippen molar-refractivity contribution in [2.24, 2.45) is 0 Å². The minimum Gasteiger partial charge on any atom is -0.358 e. The highest BCUT2D eigenvalue weighted by Gasteiger charge is 2.21. The molecule has 2 aromatic carbocycles. The summed E-state index contributed by atoms with van der Waals surface area (Å²) in [4.78, 5) is 7.61. The lowest BCUT2D eigenvalue weighted by atomic mass is 10.1. The van der Waals surface area contributed by atoms with Crippen molar-refractivity contribution in [2.45, 2.75) is 18.7 Å². The van der Waals surface area contributed by atoms with Gasteiger partial charge in [0, 0.05) is 22.5 Å². The first-order valence-corrected chi connectivity index (χ1v) is 11.4. The van der Waals surface area contributed by atoms with Crippen LogP contribution in [0.1, 0.15) is 10.6 Å². The van der Waals surface area contributed by atoms with Crippen LogP contribution in [0.2, 0.25) is 10.0 Å². The van der Waals surface area contributed by atoms with E-state index < -0.39 is 10.0 Å². The fraction of sp³-hybridized carbons (Fsp3) is 0.105. The number of anilines is 1. The van der Waals surface area contributed by atoms with E-state index in [1.54, 1.807) is 37.4 Å². The fourth-order valence-corrected chi connectivity index (χ4v) is 5.52. The average Bonchev–Trinajstić information content (AvgIpc) is 3.24. The van der Waals surface area contributed by atoms with Gasteiger partial charge in [0.05, 0.1) is 36.8 Å². The highest BCUT2D eigenvalue weighted by molar-refractivity contribution is 7.92. The van der Waals surface area contributed by atoms with E-state index in [-0.39, 0.29) is 4.90 Å². The molecule has 0 unspecified atom stereocenters. The van der Waals surface area contributed by atoms with Gasteiger partial charge in [0.15, 0.2) is 0 Å². The molecule has 0 saturated carbocycles. The molecular weight excluding hydrogens is 437 g/mol. The zero-order valence-corrected chi connectivity index (χ0v) is 18.0. The summed E-state index contributed by atoms with van der Waals surface area (Å²) in [6.07, 6.45) is 1.58. The molecule has 4 aromatic rings. The van der Waals surface area contributed by atoms with Gasteiger partial charge in [-0.15, -0.1) is 11.3 Å². The molecule has 2 heterocycles. The van der Waals surface area contributed by atoms with Crippen LogP contribution in [0, 0.1) is 13.8 Å². The van der Waals surface area contributed by atoms with E-state index >= 15 is 0 Å². The van der Waals surface area contributed by atoms with Crippen molar-refractivity contribution in [3.8, 4) is 11.3 Å². The predicted molar refractivity (Wildman–Crippen MR) is 116 cm³/mol. The zero-order chi connectivity index (χ0) is 20.1. The number of hydrogen-bond donors (Lipinski definition) is 2. The number of nitrogens with zero attached hydrogens (tertiary/aromatic N) is 1. The van der Waals surface area contributed by atoms with E-state index in [0.717, 1.165) is 16.3 Å². The minimum atomic E-state index is -3.84. The molecule has 2 aromatic heterocycles. The molecule has 0 spiro atoms. The molecule has 0 atom stereocenters. The Kier molecular flexibility index (Phi) is 4.87. The van der Waals surface area contributed by atoms with E-state index in [9.17, 15) is 8.42 Å². The number of halogens is 2. The Labute approximate surface area is 176 Å². The first-order valence-electron chi connectivity index (χ1n) is 8.27. The second-order valence-corrected chi connectivity index (χ2v) is 9.85. The Hall–Kier alpha value is -2.06. The molecule has 0 saturated heterocycles. The monoisotopic (exact) mass is 451 g/mol. The summed E-state index contributed by atoms with van der Waals surface area (Å²) in [6, 6.07) is 8.51. The first kappa shape index (κ1) is 19.3. The fourth-order valence-electron chi connectivity index (χ4n) is 3.00.